The minimum Gasteiger partial charge on any atom is -0.496 e. The molecular formula is C27H27ClN2O3. The Morgan fingerprint density at radius 3 is 2.33 bits per heavy atom. The van der Waals surface area contributed by atoms with Crippen LogP contribution in [0.2, 0.25) is 5.02 Å². The molecule has 0 N–H and O–H groups in total. The Kier molecular flexibility index (Phi) is 6.99. The second kappa shape index (κ2) is 10.1. The minimum atomic E-state index is -0.135. The maximum Gasteiger partial charge on any atom is 0.257 e. The number of likely N-dealkylation sites (tertiary alicyclic amines) is 1. The Morgan fingerprint density at radius 1 is 0.970 bits per heavy atom. The zero-order valence-electron chi connectivity index (χ0n) is 18.8. The molecule has 4 rings (SSSR count). The van der Waals surface area contributed by atoms with Crippen LogP contribution in [-0.4, -0.2) is 44.0 Å². The molecule has 170 valence electrons. The standard InChI is InChI=1S/C27H27ClN2O3/c1-29(24-11-7-6-10-22(24)19-8-4-3-5-9-19)26(31)20-14-16-30(17-15-20)27(32)23-18-21(28)12-13-25(23)33-2/h3-13,18,20H,14-17H2,1-2H3. The number of methoxy groups -OCH3 is 1. The lowest BCUT2D eigenvalue weighted by Gasteiger charge is -2.34. The summed E-state index contributed by atoms with van der Waals surface area (Å²) in [7, 11) is 3.37. The summed E-state index contributed by atoms with van der Waals surface area (Å²) in [5, 5.41) is 0.489. The Morgan fingerprint density at radius 2 is 1.64 bits per heavy atom. The summed E-state index contributed by atoms with van der Waals surface area (Å²) in [4.78, 5) is 29.9. The number of nitrogens with zero attached hydrogens (tertiary/aromatic N) is 2. The molecule has 0 atom stereocenters. The summed E-state index contributed by atoms with van der Waals surface area (Å²) in [6.07, 6.45) is 1.23. The monoisotopic (exact) mass is 462 g/mol. The maximum absolute atomic E-state index is 13.4. The Bertz CT molecular complexity index is 1140. The van der Waals surface area contributed by atoms with E-state index >= 15 is 0 Å². The molecule has 3 aromatic carbocycles. The van der Waals surface area contributed by atoms with Crippen molar-refractivity contribution in [2.45, 2.75) is 12.8 Å². The summed E-state index contributed by atoms with van der Waals surface area (Å²) in [5.41, 5.74) is 3.43. The van der Waals surface area contributed by atoms with Gasteiger partial charge in [-0.3, -0.25) is 9.59 Å². The second-order valence-corrected chi connectivity index (χ2v) is 8.63. The van der Waals surface area contributed by atoms with Gasteiger partial charge in [0.15, 0.2) is 0 Å². The van der Waals surface area contributed by atoms with Gasteiger partial charge in [0.05, 0.1) is 18.4 Å². The van der Waals surface area contributed by atoms with E-state index in [1.807, 2.05) is 61.6 Å². The summed E-state index contributed by atoms with van der Waals surface area (Å²) >= 11 is 6.10. The number of hydrogen-bond donors (Lipinski definition) is 0. The van der Waals surface area contributed by atoms with Crippen LogP contribution in [-0.2, 0) is 4.79 Å². The molecule has 3 aromatic rings. The predicted molar refractivity (Wildman–Crippen MR) is 132 cm³/mol. The van der Waals surface area contributed by atoms with Crippen LogP contribution in [0.4, 0.5) is 5.69 Å². The maximum atomic E-state index is 13.4. The zero-order valence-corrected chi connectivity index (χ0v) is 19.6. The molecule has 0 bridgehead atoms. The van der Waals surface area contributed by atoms with Gasteiger partial charge in [-0.05, 0) is 42.7 Å². The van der Waals surface area contributed by atoms with Gasteiger partial charge in [-0.1, -0.05) is 60.1 Å². The van der Waals surface area contributed by atoms with Gasteiger partial charge in [-0.15, -0.1) is 0 Å². The molecule has 0 saturated carbocycles. The first-order chi connectivity index (χ1) is 16.0. The van der Waals surface area contributed by atoms with Crippen molar-refractivity contribution in [1.82, 2.24) is 4.90 Å². The number of amides is 2. The highest BCUT2D eigenvalue weighted by Gasteiger charge is 2.31. The minimum absolute atomic E-state index is 0.0748. The number of hydrogen-bond acceptors (Lipinski definition) is 3. The van der Waals surface area contributed by atoms with E-state index in [0.29, 0.717) is 42.3 Å². The highest BCUT2D eigenvalue weighted by molar-refractivity contribution is 6.31. The lowest BCUT2D eigenvalue weighted by atomic mass is 9.94. The van der Waals surface area contributed by atoms with E-state index < -0.39 is 0 Å². The Hall–Kier alpha value is -3.31. The highest BCUT2D eigenvalue weighted by Crippen LogP contribution is 2.32. The van der Waals surface area contributed by atoms with Gasteiger partial charge in [0.1, 0.15) is 5.75 Å². The number of halogens is 1. The van der Waals surface area contributed by atoms with Crippen LogP contribution < -0.4 is 9.64 Å². The molecule has 2 amide bonds. The van der Waals surface area contributed by atoms with E-state index in [0.717, 1.165) is 16.8 Å². The van der Waals surface area contributed by atoms with E-state index in [-0.39, 0.29) is 17.7 Å². The van der Waals surface area contributed by atoms with Crippen LogP contribution >= 0.6 is 11.6 Å². The number of rotatable bonds is 5. The molecule has 5 nitrogen and oxygen atoms in total. The molecule has 1 aliphatic rings. The van der Waals surface area contributed by atoms with Crippen molar-refractivity contribution in [3.05, 3.63) is 83.4 Å². The quantitative estimate of drug-likeness (QED) is 0.500. The molecule has 1 aliphatic heterocycles. The molecule has 1 fully saturated rings. The number of para-hydroxylation sites is 1. The van der Waals surface area contributed by atoms with Crippen molar-refractivity contribution in [2.75, 3.05) is 32.1 Å². The average Bonchev–Trinajstić information content (AvgIpc) is 2.88. The number of piperidine rings is 1. The molecule has 0 spiro atoms. The third-order valence-electron chi connectivity index (χ3n) is 6.20. The van der Waals surface area contributed by atoms with Gasteiger partial charge in [0.2, 0.25) is 5.91 Å². The van der Waals surface area contributed by atoms with E-state index in [2.05, 4.69) is 0 Å². The van der Waals surface area contributed by atoms with E-state index in [1.165, 1.54) is 7.11 Å². The van der Waals surface area contributed by atoms with Crippen LogP contribution in [0, 0.1) is 5.92 Å². The lowest BCUT2D eigenvalue weighted by Crippen LogP contribution is -2.43. The van der Waals surface area contributed by atoms with E-state index in [1.54, 1.807) is 28.0 Å². The number of carbonyl (C=O) groups is 2. The third-order valence-corrected chi connectivity index (χ3v) is 6.44. The fourth-order valence-electron chi connectivity index (χ4n) is 4.37. The van der Waals surface area contributed by atoms with Gasteiger partial charge in [0, 0.05) is 36.6 Å². The molecular weight excluding hydrogens is 436 g/mol. The van der Waals surface area contributed by atoms with Gasteiger partial charge >= 0.3 is 0 Å². The summed E-state index contributed by atoms with van der Waals surface area (Å²) in [5.74, 6) is 0.317. The summed E-state index contributed by atoms with van der Waals surface area (Å²) in [6.45, 7) is 1.03. The molecule has 0 unspecified atom stereocenters. The molecule has 33 heavy (non-hydrogen) atoms. The van der Waals surface area contributed by atoms with E-state index in [4.69, 9.17) is 16.3 Å². The fraction of sp³-hybridized carbons (Fsp3) is 0.259. The van der Waals surface area contributed by atoms with Crippen molar-refractivity contribution in [1.29, 1.82) is 0 Å². The molecule has 1 saturated heterocycles. The van der Waals surface area contributed by atoms with Crippen molar-refractivity contribution < 1.29 is 14.3 Å². The molecule has 0 aromatic heterocycles. The van der Waals surface area contributed by atoms with Gasteiger partial charge in [-0.2, -0.15) is 0 Å². The van der Waals surface area contributed by atoms with Crippen LogP contribution in [0.5, 0.6) is 5.75 Å². The van der Waals surface area contributed by atoms with Crippen molar-refractivity contribution >= 4 is 29.1 Å². The number of anilines is 1. The summed E-state index contributed by atoms with van der Waals surface area (Å²) in [6, 6.07) is 23.0. The second-order valence-electron chi connectivity index (χ2n) is 8.19. The topological polar surface area (TPSA) is 49.9 Å². The zero-order chi connectivity index (χ0) is 23.4. The first kappa shape index (κ1) is 22.9. The van der Waals surface area contributed by atoms with Crippen molar-refractivity contribution in [2.24, 2.45) is 5.92 Å². The molecule has 6 heteroatoms. The Labute approximate surface area is 199 Å². The largest absolute Gasteiger partial charge is 0.496 e. The van der Waals surface area contributed by atoms with Gasteiger partial charge in [0.25, 0.3) is 5.91 Å². The summed E-state index contributed by atoms with van der Waals surface area (Å²) < 4.78 is 5.33. The predicted octanol–water partition coefficient (Wildman–Crippen LogP) is 5.53. The first-order valence-corrected chi connectivity index (χ1v) is 11.4. The highest BCUT2D eigenvalue weighted by atomic mass is 35.5. The normalized spacial score (nSPS) is 14.1. The third kappa shape index (κ3) is 4.88. The molecule has 0 radical (unpaired) electrons. The lowest BCUT2D eigenvalue weighted by molar-refractivity contribution is -0.123. The van der Waals surface area contributed by atoms with Gasteiger partial charge < -0.3 is 14.5 Å². The van der Waals surface area contributed by atoms with Crippen LogP contribution in [0.15, 0.2) is 72.8 Å². The SMILES string of the molecule is COc1ccc(Cl)cc1C(=O)N1CCC(C(=O)N(C)c2ccccc2-c2ccccc2)CC1. The van der Waals surface area contributed by atoms with E-state index in [9.17, 15) is 9.59 Å². The number of ether oxygens (including phenoxy) is 1. The van der Waals surface area contributed by atoms with Gasteiger partial charge in [-0.25, -0.2) is 0 Å². The fourth-order valence-corrected chi connectivity index (χ4v) is 4.54. The first-order valence-electron chi connectivity index (χ1n) is 11.0. The van der Waals surface area contributed by atoms with Crippen molar-refractivity contribution in [3.63, 3.8) is 0 Å². The van der Waals surface area contributed by atoms with Crippen LogP contribution in [0.25, 0.3) is 11.1 Å². The van der Waals surface area contributed by atoms with Crippen LogP contribution in [0.3, 0.4) is 0 Å². The number of benzene rings is 3. The number of carbonyl (C=O) groups excluding carboxylic acids is 2. The van der Waals surface area contributed by atoms with Crippen LogP contribution in [0.1, 0.15) is 23.2 Å². The average molecular weight is 463 g/mol. The smallest absolute Gasteiger partial charge is 0.257 e. The molecule has 0 aliphatic carbocycles. The van der Waals surface area contributed by atoms with Crippen molar-refractivity contribution in [3.8, 4) is 16.9 Å². The Balaban J connectivity index is 1.45. The molecule has 1 heterocycles.